The number of halogens is 1. The minimum Gasteiger partial charge on any atom is -0.444 e. The molecule has 0 bridgehead atoms. The van der Waals surface area contributed by atoms with Crippen LogP contribution in [0, 0.1) is 0 Å². The van der Waals surface area contributed by atoms with Crippen LogP contribution in [0.1, 0.15) is 48.0 Å². The van der Waals surface area contributed by atoms with Crippen molar-refractivity contribution in [3.63, 3.8) is 0 Å². The average molecular weight is 497 g/mol. The van der Waals surface area contributed by atoms with Gasteiger partial charge in [0.05, 0.1) is 12.6 Å². The number of carbonyl (C=O) groups excluding carboxylic acids is 4. The maximum Gasteiger partial charge on any atom is 0.417 e. The molecule has 2 rings (SSSR count). The summed E-state index contributed by atoms with van der Waals surface area (Å²) in [4.78, 5) is 53.6. The summed E-state index contributed by atoms with van der Waals surface area (Å²) in [5.74, 6) is -1.18. The predicted molar refractivity (Wildman–Crippen MR) is 127 cm³/mol. The first kappa shape index (κ1) is 27.4. The normalized spacial score (nSPS) is 18.3. The Morgan fingerprint density at radius 2 is 1.62 bits per heavy atom. The van der Waals surface area contributed by atoms with Gasteiger partial charge in [0.25, 0.3) is 0 Å². The number of carbonyl (C=O) groups is 4. The van der Waals surface area contributed by atoms with E-state index in [4.69, 9.17) is 26.8 Å². The SMILES string of the molecule is CC(C)(C)OC(=O)N1C[C@H](N(C(=O)CN)C(=O)OC(C)(C)C)C[C@H]1C(=O)Nc1ccc(Cl)cc1. The molecule has 1 heterocycles. The number of nitrogens with one attached hydrogen (secondary N) is 1. The quantitative estimate of drug-likeness (QED) is 0.653. The third-order valence-electron chi connectivity index (χ3n) is 4.72. The minimum atomic E-state index is -1.01. The van der Waals surface area contributed by atoms with Gasteiger partial charge in [0.1, 0.15) is 17.2 Å². The molecule has 34 heavy (non-hydrogen) atoms. The van der Waals surface area contributed by atoms with E-state index in [1.165, 1.54) is 4.90 Å². The lowest BCUT2D eigenvalue weighted by Gasteiger charge is -2.30. The van der Waals surface area contributed by atoms with Crippen molar-refractivity contribution in [2.24, 2.45) is 5.73 Å². The summed E-state index contributed by atoms with van der Waals surface area (Å²) >= 11 is 5.90. The second-order valence-corrected chi connectivity index (χ2v) is 10.4. The van der Waals surface area contributed by atoms with E-state index in [1.807, 2.05) is 0 Å². The number of rotatable bonds is 4. The highest BCUT2D eigenvalue weighted by Gasteiger charge is 2.47. The van der Waals surface area contributed by atoms with Crippen molar-refractivity contribution in [3.8, 4) is 0 Å². The van der Waals surface area contributed by atoms with Crippen LogP contribution in [-0.4, -0.2) is 70.2 Å². The topological polar surface area (TPSA) is 131 Å². The van der Waals surface area contributed by atoms with Crippen LogP contribution in [0.5, 0.6) is 0 Å². The number of benzene rings is 1. The summed E-state index contributed by atoms with van der Waals surface area (Å²) in [6, 6.07) is 4.63. The summed E-state index contributed by atoms with van der Waals surface area (Å²) in [5, 5.41) is 3.24. The van der Waals surface area contributed by atoms with Gasteiger partial charge in [0.15, 0.2) is 0 Å². The monoisotopic (exact) mass is 496 g/mol. The molecule has 3 N–H and O–H groups in total. The van der Waals surface area contributed by atoms with Crippen LogP contribution in [0.3, 0.4) is 0 Å². The molecular weight excluding hydrogens is 464 g/mol. The number of nitrogens with two attached hydrogens (primary N) is 1. The number of amides is 4. The first-order valence-electron chi connectivity index (χ1n) is 10.9. The first-order chi connectivity index (χ1) is 15.6. The molecule has 11 heteroatoms. The fourth-order valence-electron chi connectivity index (χ4n) is 3.39. The molecule has 1 aliphatic heterocycles. The third kappa shape index (κ3) is 7.59. The second kappa shape index (κ2) is 10.6. The van der Waals surface area contributed by atoms with Crippen molar-refractivity contribution in [2.45, 2.75) is 71.2 Å². The van der Waals surface area contributed by atoms with E-state index in [2.05, 4.69) is 5.32 Å². The Morgan fingerprint density at radius 3 is 2.12 bits per heavy atom. The van der Waals surface area contributed by atoms with Crippen LogP contribution in [0.2, 0.25) is 5.02 Å². The molecule has 0 spiro atoms. The second-order valence-electron chi connectivity index (χ2n) is 9.98. The molecule has 0 aromatic heterocycles. The van der Waals surface area contributed by atoms with Crippen LogP contribution < -0.4 is 11.1 Å². The average Bonchev–Trinajstić information content (AvgIpc) is 3.12. The Balaban J connectivity index is 2.34. The summed E-state index contributed by atoms with van der Waals surface area (Å²) < 4.78 is 10.8. The number of nitrogens with zero attached hydrogens (tertiary/aromatic N) is 2. The van der Waals surface area contributed by atoms with Crippen molar-refractivity contribution in [1.82, 2.24) is 9.80 Å². The first-order valence-corrected chi connectivity index (χ1v) is 11.3. The molecular formula is C23H33ClN4O6. The largest absolute Gasteiger partial charge is 0.444 e. The van der Waals surface area contributed by atoms with Crippen LogP contribution in [0.15, 0.2) is 24.3 Å². The van der Waals surface area contributed by atoms with Gasteiger partial charge >= 0.3 is 12.2 Å². The number of hydrogen-bond acceptors (Lipinski definition) is 7. The van der Waals surface area contributed by atoms with Crippen molar-refractivity contribution >= 4 is 41.3 Å². The Kier molecular flexibility index (Phi) is 8.54. The van der Waals surface area contributed by atoms with Gasteiger partial charge in [-0.1, -0.05) is 11.6 Å². The van der Waals surface area contributed by atoms with Gasteiger partial charge in [0, 0.05) is 17.3 Å². The molecule has 1 fully saturated rings. The van der Waals surface area contributed by atoms with Crippen molar-refractivity contribution in [1.29, 1.82) is 0 Å². The number of hydrogen-bond donors (Lipinski definition) is 2. The van der Waals surface area contributed by atoms with Crippen molar-refractivity contribution in [2.75, 3.05) is 18.4 Å². The maximum atomic E-state index is 13.1. The Morgan fingerprint density at radius 1 is 1.06 bits per heavy atom. The zero-order chi connectivity index (χ0) is 25.8. The lowest BCUT2D eigenvalue weighted by atomic mass is 10.1. The maximum absolute atomic E-state index is 13.1. The van der Waals surface area contributed by atoms with E-state index >= 15 is 0 Å². The summed E-state index contributed by atoms with van der Waals surface area (Å²) in [7, 11) is 0. The Bertz CT molecular complexity index is 923. The van der Waals surface area contributed by atoms with Gasteiger partial charge in [-0.15, -0.1) is 0 Å². The number of likely N-dealkylation sites (tertiary alicyclic amines) is 1. The van der Waals surface area contributed by atoms with E-state index < -0.39 is 53.8 Å². The summed E-state index contributed by atoms with van der Waals surface area (Å²) in [5.41, 5.74) is 4.33. The van der Waals surface area contributed by atoms with E-state index in [0.717, 1.165) is 4.90 Å². The van der Waals surface area contributed by atoms with E-state index in [9.17, 15) is 19.2 Å². The minimum absolute atomic E-state index is 0.0103. The van der Waals surface area contributed by atoms with Crippen LogP contribution in [0.4, 0.5) is 15.3 Å². The van der Waals surface area contributed by atoms with Crippen LogP contribution >= 0.6 is 11.6 Å². The van der Waals surface area contributed by atoms with Gasteiger partial charge in [-0.25, -0.2) is 14.5 Å². The standard InChI is InChI=1S/C23H33ClN4O6/c1-22(2,3)33-20(31)27-13-16(28(18(29)12-25)21(32)34-23(4,5)6)11-17(27)19(30)26-15-9-7-14(24)8-10-15/h7-10,16-17H,11-13,25H2,1-6H3,(H,26,30)/t16-,17+/m1/s1. The zero-order valence-corrected chi connectivity index (χ0v) is 21.1. The predicted octanol–water partition coefficient (Wildman–Crippen LogP) is 3.38. The van der Waals surface area contributed by atoms with Crippen molar-refractivity contribution < 1.29 is 28.7 Å². The lowest BCUT2D eigenvalue weighted by Crippen LogP contribution is -2.50. The molecule has 1 saturated heterocycles. The van der Waals surface area contributed by atoms with Crippen LogP contribution in [0.25, 0.3) is 0 Å². The van der Waals surface area contributed by atoms with Gasteiger partial charge in [-0.05, 0) is 72.2 Å². The molecule has 1 aliphatic rings. The Labute approximate surface area is 204 Å². The fraction of sp³-hybridized carbons (Fsp3) is 0.565. The molecule has 4 amide bonds. The number of imide groups is 1. The molecule has 2 atom stereocenters. The molecule has 0 unspecified atom stereocenters. The number of ether oxygens (including phenoxy) is 2. The lowest BCUT2D eigenvalue weighted by molar-refractivity contribution is -0.131. The third-order valence-corrected chi connectivity index (χ3v) is 4.97. The van der Waals surface area contributed by atoms with E-state index in [-0.39, 0.29) is 13.0 Å². The van der Waals surface area contributed by atoms with Crippen molar-refractivity contribution in [3.05, 3.63) is 29.3 Å². The number of anilines is 1. The molecule has 0 aliphatic carbocycles. The smallest absolute Gasteiger partial charge is 0.417 e. The fourth-order valence-corrected chi connectivity index (χ4v) is 3.52. The highest BCUT2D eigenvalue weighted by atomic mass is 35.5. The highest BCUT2D eigenvalue weighted by Crippen LogP contribution is 2.27. The molecule has 188 valence electrons. The van der Waals surface area contributed by atoms with E-state index in [0.29, 0.717) is 10.7 Å². The van der Waals surface area contributed by atoms with Gasteiger partial charge in [0.2, 0.25) is 11.8 Å². The van der Waals surface area contributed by atoms with E-state index in [1.54, 1.807) is 65.8 Å². The molecule has 0 radical (unpaired) electrons. The summed E-state index contributed by atoms with van der Waals surface area (Å²) in [6.07, 6.45) is -1.64. The molecule has 0 saturated carbocycles. The van der Waals surface area contributed by atoms with Gasteiger partial charge in [-0.3, -0.25) is 14.5 Å². The zero-order valence-electron chi connectivity index (χ0n) is 20.4. The Hall–Kier alpha value is -2.85. The van der Waals surface area contributed by atoms with Crippen LogP contribution in [-0.2, 0) is 19.1 Å². The molecule has 10 nitrogen and oxygen atoms in total. The van der Waals surface area contributed by atoms with Gasteiger partial charge in [-0.2, -0.15) is 0 Å². The van der Waals surface area contributed by atoms with Gasteiger partial charge < -0.3 is 20.5 Å². The highest BCUT2D eigenvalue weighted by molar-refractivity contribution is 6.30. The molecule has 1 aromatic carbocycles. The summed E-state index contributed by atoms with van der Waals surface area (Å²) in [6.45, 7) is 9.55. The molecule has 1 aromatic rings.